The van der Waals surface area contributed by atoms with E-state index >= 15 is 0 Å². The predicted octanol–water partition coefficient (Wildman–Crippen LogP) is 4.11. The molecule has 0 radical (unpaired) electrons. The molecule has 0 unspecified atom stereocenters. The lowest BCUT2D eigenvalue weighted by Gasteiger charge is -2.10. The number of hydrogen-bond acceptors (Lipinski definition) is 0. The lowest BCUT2D eigenvalue weighted by Crippen LogP contribution is -2.15. The average Bonchev–Trinajstić information content (AvgIpc) is 1.80. The second-order valence-corrected chi connectivity index (χ2v) is 3.21. The molecule has 0 saturated heterocycles. The zero-order valence-corrected chi connectivity index (χ0v) is 8.20. The van der Waals surface area contributed by atoms with E-state index in [9.17, 15) is 26.3 Å². The van der Waals surface area contributed by atoms with Gasteiger partial charge in [0.15, 0.2) is 0 Å². The Hall–Kier alpha value is 0.280. The van der Waals surface area contributed by atoms with E-state index in [1.54, 1.807) is 31.9 Å². The van der Waals surface area contributed by atoms with Crippen molar-refractivity contribution in [3.05, 3.63) is 8.96 Å². The normalized spacial score (nSPS) is 16.0. The van der Waals surface area contributed by atoms with Crippen molar-refractivity contribution in [3.63, 3.8) is 0 Å². The molecule has 0 aliphatic heterocycles. The molecule has 0 bridgehead atoms. The van der Waals surface area contributed by atoms with Crippen LogP contribution in [-0.4, -0.2) is 12.4 Å². The Balaban J connectivity index is 4.96. The van der Waals surface area contributed by atoms with Gasteiger partial charge in [0.05, 0.1) is 0 Å². The molecule has 8 heteroatoms. The maximum atomic E-state index is 11.6. The van der Waals surface area contributed by atoms with E-state index in [1.165, 1.54) is 0 Å². The standard InChI is InChI=1S/C4Br2F6/c5-1(3(7,8)9)2(6)4(10,11)12/b2-1+. The van der Waals surface area contributed by atoms with E-state index in [4.69, 9.17) is 0 Å². The average molecular weight is 322 g/mol. The second-order valence-electron chi connectivity index (χ2n) is 1.62. The number of rotatable bonds is 0. The maximum Gasteiger partial charge on any atom is 0.423 e. The Bertz CT molecular complexity index is 177. The van der Waals surface area contributed by atoms with E-state index in [1.807, 2.05) is 0 Å². The summed E-state index contributed by atoms with van der Waals surface area (Å²) in [5.74, 6) is 0. The molecule has 0 aromatic rings. The summed E-state index contributed by atoms with van der Waals surface area (Å²) in [6.45, 7) is 0. The first-order chi connectivity index (χ1) is 5.07. The van der Waals surface area contributed by atoms with Gasteiger partial charge in [-0.15, -0.1) is 0 Å². The molecular weight excluding hydrogens is 322 g/mol. The maximum absolute atomic E-state index is 11.6. The zero-order chi connectivity index (χ0) is 10.2. The number of alkyl halides is 6. The quantitative estimate of drug-likeness (QED) is 0.589. The van der Waals surface area contributed by atoms with Gasteiger partial charge in [0, 0.05) is 0 Å². The highest BCUT2D eigenvalue weighted by Crippen LogP contribution is 2.42. The van der Waals surface area contributed by atoms with E-state index in [2.05, 4.69) is 0 Å². The van der Waals surface area contributed by atoms with Gasteiger partial charge in [0.1, 0.15) is 8.96 Å². The van der Waals surface area contributed by atoms with Crippen LogP contribution in [0.25, 0.3) is 0 Å². The van der Waals surface area contributed by atoms with Crippen LogP contribution in [0.3, 0.4) is 0 Å². The van der Waals surface area contributed by atoms with Crippen molar-refractivity contribution in [2.45, 2.75) is 12.4 Å². The number of allylic oxidation sites excluding steroid dienone is 2. The van der Waals surface area contributed by atoms with E-state index in [0.717, 1.165) is 0 Å². The van der Waals surface area contributed by atoms with Crippen LogP contribution in [0.2, 0.25) is 0 Å². The Labute approximate surface area is 79.9 Å². The highest BCUT2D eigenvalue weighted by molar-refractivity contribution is 9.14. The highest BCUT2D eigenvalue weighted by Gasteiger charge is 2.43. The Kier molecular flexibility index (Phi) is 3.65. The minimum atomic E-state index is -5.03. The van der Waals surface area contributed by atoms with Gasteiger partial charge < -0.3 is 0 Å². The third kappa shape index (κ3) is 3.34. The van der Waals surface area contributed by atoms with Crippen LogP contribution < -0.4 is 0 Å². The summed E-state index contributed by atoms with van der Waals surface area (Å²) in [6.07, 6.45) is -10.1. The van der Waals surface area contributed by atoms with Gasteiger partial charge in [-0.2, -0.15) is 26.3 Å². The minimum Gasteiger partial charge on any atom is -0.166 e. The van der Waals surface area contributed by atoms with Crippen LogP contribution in [0, 0.1) is 0 Å². The summed E-state index contributed by atoms with van der Waals surface area (Å²) in [7, 11) is 0. The molecule has 0 amide bonds. The molecule has 0 nitrogen and oxygen atoms in total. The van der Waals surface area contributed by atoms with Gasteiger partial charge in [-0.25, -0.2) is 0 Å². The molecule has 0 aliphatic rings. The molecular formula is C4Br2F6. The van der Waals surface area contributed by atoms with Crippen LogP contribution >= 0.6 is 31.9 Å². The topological polar surface area (TPSA) is 0 Å². The molecule has 0 rings (SSSR count). The van der Waals surface area contributed by atoms with Crippen molar-refractivity contribution < 1.29 is 26.3 Å². The van der Waals surface area contributed by atoms with Gasteiger partial charge in [-0.1, -0.05) is 0 Å². The first-order valence-electron chi connectivity index (χ1n) is 2.26. The smallest absolute Gasteiger partial charge is 0.166 e. The van der Waals surface area contributed by atoms with Crippen molar-refractivity contribution in [1.29, 1.82) is 0 Å². The Morgan fingerprint density at radius 3 is 0.917 bits per heavy atom. The van der Waals surface area contributed by atoms with Crippen molar-refractivity contribution in [2.75, 3.05) is 0 Å². The summed E-state index contributed by atoms with van der Waals surface area (Å²) in [4.78, 5) is 0. The third-order valence-corrected chi connectivity index (χ3v) is 2.91. The molecule has 0 aromatic heterocycles. The molecule has 0 saturated carbocycles. The fourth-order valence-corrected chi connectivity index (χ4v) is 0.698. The molecule has 0 aromatic carbocycles. The van der Waals surface area contributed by atoms with Crippen molar-refractivity contribution >= 4 is 31.9 Å². The molecule has 0 heterocycles. The molecule has 0 fully saturated rings. The van der Waals surface area contributed by atoms with Gasteiger partial charge in [0.25, 0.3) is 0 Å². The molecule has 0 atom stereocenters. The largest absolute Gasteiger partial charge is 0.423 e. The van der Waals surface area contributed by atoms with Crippen LogP contribution in [0.15, 0.2) is 8.96 Å². The van der Waals surface area contributed by atoms with Crippen LogP contribution in [0.4, 0.5) is 26.3 Å². The number of halogens is 8. The third-order valence-electron chi connectivity index (χ3n) is 0.690. The molecule has 0 N–H and O–H groups in total. The minimum absolute atomic E-state index is 1.79. The van der Waals surface area contributed by atoms with Gasteiger partial charge in [-0.05, 0) is 31.9 Å². The van der Waals surface area contributed by atoms with E-state index < -0.39 is 21.3 Å². The first kappa shape index (κ1) is 12.3. The highest BCUT2D eigenvalue weighted by atomic mass is 79.9. The van der Waals surface area contributed by atoms with Crippen LogP contribution in [0.1, 0.15) is 0 Å². The molecule has 12 heavy (non-hydrogen) atoms. The lowest BCUT2D eigenvalue weighted by atomic mass is 10.5. The summed E-state index contributed by atoms with van der Waals surface area (Å²) in [5, 5.41) is 0. The van der Waals surface area contributed by atoms with Crippen molar-refractivity contribution in [2.24, 2.45) is 0 Å². The van der Waals surface area contributed by atoms with Gasteiger partial charge >= 0.3 is 12.4 Å². The molecule has 0 aliphatic carbocycles. The van der Waals surface area contributed by atoms with Gasteiger partial charge in [0.2, 0.25) is 0 Å². The molecule has 72 valence electrons. The van der Waals surface area contributed by atoms with Crippen molar-refractivity contribution in [3.8, 4) is 0 Å². The second kappa shape index (κ2) is 3.57. The summed E-state index contributed by atoms with van der Waals surface area (Å²) in [6, 6.07) is 0. The fraction of sp³-hybridized carbons (Fsp3) is 0.500. The zero-order valence-electron chi connectivity index (χ0n) is 5.02. The summed E-state index contributed by atoms with van der Waals surface area (Å²) >= 11 is 3.57. The SMILES string of the molecule is FC(F)(F)/C(Br)=C(\Br)C(F)(F)F. The summed E-state index contributed by atoms with van der Waals surface area (Å²) in [5.41, 5.74) is 0. The number of hydrogen-bond donors (Lipinski definition) is 0. The van der Waals surface area contributed by atoms with Gasteiger partial charge in [-0.3, -0.25) is 0 Å². The van der Waals surface area contributed by atoms with E-state index in [-0.39, 0.29) is 0 Å². The Morgan fingerprint density at radius 1 is 0.667 bits per heavy atom. The lowest BCUT2D eigenvalue weighted by molar-refractivity contribution is -0.102. The van der Waals surface area contributed by atoms with Crippen LogP contribution in [-0.2, 0) is 0 Å². The fourth-order valence-electron chi connectivity index (χ4n) is 0.249. The molecule has 0 spiro atoms. The first-order valence-corrected chi connectivity index (χ1v) is 3.85. The van der Waals surface area contributed by atoms with E-state index in [0.29, 0.717) is 0 Å². The van der Waals surface area contributed by atoms with Crippen LogP contribution in [0.5, 0.6) is 0 Å². The predicted molar refractivity (Wildman–Crippen MR) is 37.0 cm³/mol. The van der Waals surface area contributed by atoms with Crippen molar-refractivity contribution in [1.82, 2.24) is 0 Å². The summed E-state index contributed by atoms with van der Waals surface area (Å²) < 4.78 is 65.8. The Morgan fingerprint density at radius 2 is 0.833 bits per heavy atom. The monoisotopic (exact) mass is 320 g/mol.